The van der Waals surface area contributed by atoms with Gasteiger partial charge in [0.25, 0.3) is 0 Å². The van der Waals surface area contributed by atoms with Crippen LogP contribution < -0.4 is 10.1 Å². The van der Waals surface area contributed by atoms with Crippen molar-refractivity contribution in [1.82, 2.24) is 5.32 Å². The summed E-state index contributed by atoms with van der Waals surface area (Å²) >= 11 is 6.11. The van der Waals surface area contributed by atoms with E-state index in [1.54, 1.807) is 12.1 Å². The third-order valence-electron chi connectivity index (χ3n) is 4.82. The van der Waals surface area contributed by atoms with Gasteiger partial charge in [0.05, 0.1) is 23.7 Å². The highest BCUT2D eigenvalue weighted by molar-refractivity contribution is 6.31. The van der Waals surface area contributed by atoms with Crippen LogP contribution >= 0.6 is 11.6 Å². The van der Waals surface area contributed by atoms with Gasteiger partial charge in [0, 0.05) is 18.7 Å². The molecule has 0 saturated carbocycles. The molecule has 31 heavy (non-hydrogen) atoms. The molecule has 3 aromatic carbocycles. The molecule has 4 rings (SSSR count). The first-order valence-electron chi connectivity index (χ1n) is 10.7. The Morgan fingerprint density at radius 2 is 1.90 bits per heavy atom. The molecule has 4 nitrogen and oxygen atoms in total. The average Bonchev–Trinajstić information content (AvgIpc) is 3.34. The van der Waals surface area contributed by atoms with Gasteiger partial charge in [0.2, 0.25) is 0 Å². The van der Waals surface area contributed by atoms with Crippen molar-refractivity contribution < 1.29 is 13.9 Å². The van der Waals surface area contributed by atoms with Gasteiger partial charge < -0.3 is 14.8 Å². The van der Waals surface area contributed by atoms with Gasteiger partial charge in [-0.05, 0) is 41.5 Å². The molecule has 1 heterocycles. The van der Waals surface area contributed by atoms with Crippen LogP contribution in [-0.4, -0.2) is 38.7 Å². The molecule has 0 amide bonds. The second-order valence-corrected chi connectivity index (χ2v) is 7.09. The summed E-state index contributed by atoms with van der Waals surface area (Å²) in [5, 5.41) is 5.46. The van der Waals surface area contributed by atoms with E-state index in [2.05, 4.69) is 16.4 Å². The summed E-state index contributed by atoms with van der Waals surface area (Å²) in [5.41, 5.74) is 2.54. The van der Waals surface area contributed by atoms with Crippen LogP contribution in [0.1, 0.15) is 26.3 Å². The maximum atomic E-state index is 13.8. The van der Waals surface area contributed by atoms with Crippen molar-refractivity contribution in [3.63, 3.8) is 0 Å². The lowest BCUT2D eigenvalue weighted by Crippen LogP contribution is -2.21. The van der Waals surface area contributed by atoms with Gasteiger partial charge in [0.1, 0.15) is 24.0 Å². The monoisotopic (exact) mass is 442 g/mol. The predicted octanol–water partition coefficient (Wildman–Crippen LogP) is 6.09. The fraction of sp³-hybridized carbons (Fsp3) is 0.320. The maximum absolute atomic E-state index is 13.8. The van der Waals surface area contributed by atoms with E-state index < -0.39 is 5.82 Å². The number of halogens is 2. The summed E-state index contributed by atoms with van der Waals surface area (Å²) in [5.74, 6) is 1.05. The molecule has 0 atom stereocenters. The van der Waals surface area contributed by atoms with Crippen molar-refractivity contribution in [1.29, 1.82) is 0 Å². The zero-order chi connectivity index (χ0) is 22.2. The molecule has 6 heteroatoms. The fourth-order valence-corrected chi connectivity index (χ4v) is 3.70. The van der Waals surface area contributed by atoms with Crippen LogP contribution in [0.5, 0.6) is 5.75 Å². The van der Waals surface area contributed by atoms with Gasteiger partial charge in [-0.3, -0.25) is 4.99 Å². The number of hydrogen-bond donors (Lipinski definition) is 1. The van der Waals surface area contributed by atoms with Crippen LogP contribution in [0.4, 0.5) is 4.39 Å². The van der Waals surface area contributed by atoms with Crippen molar-refractivity contribution in [2.24, 2.45) is 4.99 Å². The number of benzene rings is 3. The van der Waals surface area contributed by atoms with Gasteiger partial charge >= 0.3 is 0 Å². The summed E-state index contributed by atoms with van der Waals surface area (Å²) in [6.45, 7) is 8.96. The molecule has 0 fully saturated rings. The molecule has 0 radical (unpaired) electrons. The lowest BCUT2D eigenvalue weighted by Gasteiger charge is -2.19. The van der Waals surface area contributed by atoms with Crippen LogP contribution in [0, 0.1) is 5.82 Å². The predicted molar refractivity (Wildman–Crippen MR) is 127 cm³/mol. The molecule has 164 valence electrons. The van der Waals surface area contributed by atoms with E-state index >= 15 is 0 Å². The number of aliphatic imine (C=N–C) groups is 1. The van der Waals surface area contributed by atoms with E-state index in [-0.39, 0.29) is 5.02 Å². The van der Waals surface area contributed by atoms with Gasteiger partial charge in [0.15, 0.2) is 0 Å². The molecule has 0 aliphatic carbocycles. The zero-order valence-corrected chi connectivity index (χ0v) is 18.9. The number of ether oxygens (including phenoxy) is 2. The van der Waals surface area contributed by atoms with E-state index in [4.69, 9.17) is 21.1 Å². The fourth-order valence-electron chi connectivity index (χ4n) is 3.52. The summed E-state index contributed by atoms with van der Waals surface area (Å²) in [4.78, 5) is 4.59. The van der Waals surface area contributed by atoms with Crippen molar-refractivity contribution in [3.8, 4) is 16.9 Å². The maximum Gasteiger partial charge on any atom is 0.141 e. The molecule has 1 N–H and O–H groups in total. The first-order chi connectivity index (χ1) is 15.2. The number of nitrogens with zero attached hydrogens (tertiary/aromatic N) is 1. The lowest BCUT2D eigenvalue weighted by molar-refractivity contribution is 0.110. The third kappa shape index (κ3) is 5.17. The van der Waals surface area contributed by atoms with Crippen LogP contribution in [-0.2, 0) is 4.74 Å². The Bertz CT molecular complexity index is 1070. The SMILES string of the molecule is CC.CCOCCOc1c(C2=NCCN2)cc2ccccc2c1-c1ccc(F)c(Cl)c1. The number of fused-ring (bicyclic) bond motifs is 1. The lowest BCUT2D eigenvalue weighted by atomic mass is 9.93. The van der Waals surface area contributed by atoms with Crippen molar-refractivity contribution in [2.45, 2.75) is 20.8 Å². The first-order valence-corrected chi connectivity index (χ1v) is 11.1. The molecular weight excluding hydrogens is 415 g/mol. The smallest absolute Gasteiger partial charge is 0.141 e. The molecule has 1 aliphatic rings. The number of hydrogen-bond acceptors (Lipinski definition) is 4. The second-order valence-electron chi connectivity index (χ2n) is 6.68. The number of nitrogens with one attached hydrogen (secondary N) is 1. The van der Waals surface area contributed by atoms with E-state index in [9.17, 15) is 4.39 Å². The van der Waals surface area contributed by atoms with Gasteiger partial charge in [-0.2, -0.15) is 0 Å². The average molecular weight is 443 g/mol. The van der Waals surface area contributed by atoms with Crippen molar-refractivity contribution in [2.75, 3.05) is 32.9 Å². The third-order valence-corrected chi connectivity index (χ3v) is 5.11. The summed E-state index contributed by atoms with van der Waals surface area (Å²) < 4.78 is 25.5. The van der Waals surface area contributed by atoms with Crippen LogP contribution in [0.2, 0.25) is 5.02 Å². The van der Waals surface area contributed by atoms with E-state index in [1.807, 2.05) is 45.0 Å². The Labute approximate surface area is 188 Å². The topological polar surface area (TPSA) is 42.9 Å². The highest BCUT2D eigenvalue weighted by Crippen LogP contribution is 2.41. The minimum atomic E-state index is -0.448. The van der Waals surface area contributed by atoms with Gasteiger partial charge in [-0.15, -0.1) is 0 Å². The van der Waals surface area contributed by atoms with Gasteiger partial charge in [-0.25, -0.2) is 4.39 Å². The Morgan fingerprint density at radius 1 is 1.10 bits per heavy atom. The summed E-state index contributed by atoms with van der Waals surface area (Å²) in [6.07, 6.45) is 0. The molecule has 0 spiro atoms. The highest BCUT2D eigenvalue weighted by atomic mass is 35.5. The van der Waals surface area contributed by atoms with Gasteiger partial charge in [-0.1, -0.05) is 55.8 Å². The minimum absolute atomic E-state index is 0.0774. The Kier molecular flexibility index (Phi) is 8.27. The second kappa shape index (κ2) is 11.1. The van der Waals surface area contributed by atoms with Crippen LogP contribution in [0.15, 0.2) is 53.5 Å². The Balaban J connectivity index is 0.00000132. The highest BCUT2D eigenvalue weighted by Gasteiger charge is 2.22. The van der Waals surface area contributed by atoms with E-state index in [0.717, 1.165) is 46.4 Å². The quantitative estimate of drug-likeness (QED) is 0.450. The van der Waals surface area contributed by atoms with Crippen LogP contribution in [0.3, 0.4) is 0 Å². The molecule has 3 aromatic rings. The van der Waals surface area contributed by atoms with Crippen molar-refractivity contribution >= 4 is 28.2 Å². The van der Waals surface area contributed by atoms with E-state index in [1.165, 1.54) is 6.07 Å². The standard InChI is InChI=1S/C23H22ClFN2O2.C2H6/c1-2-28-11-12-29-22-18(23-26-9-10-27-23)13-15-5-3-4-6-17(15)21(22)16-7-8-20(25)19(24)14-16;1-2/h3-8,13-14H,2,9-12H2,1H3,(H,26,27);1-2H3. The normalized spacial score (nSPS) is 12.7. The molecule has 0 saturated heterocycles. The first kappa shape index (κ1) is 23.0. The summed E-state index contributed by atoms with van der Waals surface area (Å²) in [7, 11) is 0. The largest absolute Gasteiger partial charge is 0.490 e. The molecule has 0 unspecified atom stereocenters. The van der Waals surface area contributed by atoms with E-state index in [0.29, 0.717) is 25.6 Å². The Morgan fingerprint density at radius 3 is 2.61 bits per heavy atom. The molecular formula is C25H28ClFN2O2. The molecule has 1 aliphatic heterocycles. The van der Waals surface area contributed by atoms with Crippen LogP contribution in [0.25, 0.3) is 21.9 Å². The molecule has 0 aromatic heterocycles. The van der Waals surface area contributed by atoms with Crippen molar-refractivity contribution in [3.05, 3.63) is 64.9 Å². The minimum Gasteiger partial charge on any atom is -0.490 e. The number of amidine groups is 1. The molecule has 0 bridgehead atoms. The summed E-state index contributed by atoms with van der Waals surface area (Å²) in [6, 6.07) is 14.9. The zero-order valence-electron chi connectivity index (χ0n) is 18.2. The number of rotatable bonds is 7. The Hall–Kier alpha value is -2.63.